The molecule has 2 aromatic carbocycles. The molecule has 3 aromatic rings. The van der Waals surface area contributed by atoms with Gasteiger partial charge in [0.05, 0.1) is 20.6 Å². The molecule has 0 fully saturated rings. The lowest BCUT2D eigenvalue weighted by atomic mass is 10.0. The highest BCUT2D eigenvalue weighted by atomic mass is 16.5. The minimum Gasteiger partial charge on any atom is -0.497 e. The normalized spacial score (nSPS) is 11.8. The summed E-state index contributed by atoms with van der Waals surface area (Å²) in [6, 6.07) is 11.2. The van der Waals surface area contributed by atoms with Crippen molar-refractivity contribution in [2.45, 2.75) is 26.3 Å². The second kappa shape index (κ2) is 8.82. The van der Waals surface area contributed by atoms with E-state index in [0.29, 0.717) is 17.9 Å². The maximum absolute atomic E-state index is 12.9. The lowest BCUT2D eigenvalue weighted by Crippen LogP contribution is -2.32. The lowest BCUT2D eigenvalue weighted by Gasteiger charge is -2.21. The first-order chi connectivity index (χ1) is 13.9. The molecule has 1 unspecified atom stereocenters. The van der Waals surface area contributed by atoms with Crippen molar-refractivity contribution in [2.24, 2.45) is 7.05 Å². The third-order valence-electron chi connectivity index (χ3n) is 5.07. The molecule has 0 spiro atoms. The maximum atomic E-state index is 12.9. The quantitative estimate of drug-likeness (QED) is 0.667. The summed E-state index contributed by atoms with van der Waals surface area (Å²) in [6.07, 6.45) is 3.87. The molecule has 6 heteroatoms. The standard InChI is InChI=1S/C23H27N3O3/c1-15-6-7-17(10-16(15)2)11-21(27)25-22(23-24-8-9-26(23)3)18-12-19(28-4)14-20(13-18)29-5/h6-10,12-14,22H,11H2,1-5H3,(H,25,27). The van der Waals surface area contributed by atoms with Crippen LogP contribution < -0.4 is 14.8 Å². The summed E-state index contributed by atoms with van der Waals surface area (Å²) in [5, 5.41) is 3.13. The van der Waals surface area contributed by atoms with Crippen LogP contribution in [0.4, 0.5) is 0 Å². The number of carbonyl (C=O) groups excluding carboxylic acids is 1. The zero-order chi connectivity index (χ0) is 21.0. The summed E-state index contributed by atoms with van der Waals surface area (Å²) in [6.45, 7) is 4.11. The summed E-state index contributed by atoms with van der Waals surface area (Å²) < 4.78 is 12.7. The summed E-state index contributed by atoms with van der Waals surface area (Å²) >= 11 is 0. The van der Waals surface area contributed by atoms with Crippen LogP contribution in [0.5, 0.6) is 11.5 Å². The third-order valence-corrected chi connectivity index (χ3v) is 5.07. The van der Waals surface area contributed by atoms with Crippen LogP contribution in [0.25, 0.3) is 0 Å². The molecular weight excluding hydrogens is 366 g/mol. The average molecular weight is 393 g/mol. The highest BCUT2D eigenvalue weighted by Gasteiger charge is 2.22. The van der Waals surface area contributed by atoms with Crippen molar-refractivity contribution in [3.63, 3.8) is 0 Å². The van der Waals surface area contributed by atoms with Gasteiger partial charge in [0.25, 0.3) is 0 Å². The van der Waals surface area contributed by atoms with Gasteiger partial charge in [-0.05, 0) is 48.2 Å². The van der Waals surface area contributed by atoms with Gasteiger partial charge in [-0.2, -0.15) is 0 Å². The Morgan fingerprint density at radius 3 is 2.31 bits per heavy atom. The Hall–Kier alpha value is -3.28. The number of nitrogens with zero attached hydrogens (tertiary/aromatic N) is 2. The Labute approximate surface area is 171 Å². The van der Waals surface area contributed by atoms with Crippen LogP contribution >= 0.6 is 0 Å². The first-order valence-corrected chi connectivity index (χ1v) is 9.47. The van der Waals surface area contributed by atoms with Crippen molar-refractivity contribution in [3.8, 4) is 11.5 Å². The number of hydrogen-bond acceptors (Lipinski definition) is 4. The average Bonchev–Trinajstić information content (AvgIpc) is 3.14. The van der Waals surface area contributed by atoms with E-state index in [2.05, 4.69) is 30.2 Å². The molecule has 3 rings (SSSR count). The molecule has 1 heterocycles. The predicted octanol–water partition coefficient (Wildman–Crippen LogP) is 3.50. The van der Waals surface area contributed by atoms with Crippen molar-refractivity contribution in [1.82, 2.24) is 14.9 Å². The molecule has 152 valence electrons. The maximum Gasteiger partial charge on any atom is 0.225 e. The van der Waals surface area contributed by atoms with Gasteiger partial charge in [-0.15, -0.1) is 0 Å². The van der Waals surface area contributed by atoms with Crippen LogP contribution in [-0.4, -0.2) is 29.7 Å². The fraction of sp³-hybridized carbons (Fsp3) is 0.304. The van der Waals surface area contributed by atoms with E-state index in [4.69, 9.17) is 9.47 Å². The number of rotatable bonds is 7. The fourth-order valence-electron chi connectivity index (χ4n) is 3.26. The summed E-state index contributed by atoms with van der Waals surface area (Å²) in [4.78, 5) is 17.4. The van der Waals surface area contributed by atoms with Gasteiger partial charge in [0.1, 0.15) is 23.4 Å². The van der Waals surface area contributed by atoms with Crippen LogP contribution in [0.1, 0.15) is 34.1 Å². The Kier molecular flexibility index (Phi) is 6.22. The summed E-state index contributed by atoms with van der Waals surface area (Å²) in [7, 11) is 5.11. The van der Waals surface area contributed by atoms with Gasteiger partial charge in [-0.1, -0.05) is 18.2 Å². The van der Waals surface area contributed by atoms with E-state index in [-0.39, 0.29) is 5.91 Å². The molecule has 0 radical (unpaired) electrons. The Balaban J connectivity index is 1.91. The van der Waals surface area contributed by atoms with E-state index in [1.54, 1.807) is 26.5 Å². The van der Waals surface area contributed by atoms with E-state index < -0.39 is 6.04 Å². The third kappa shape index (κ3) is 4.77. The molecule has 0 bridgehead atoms. The minimum atomic E-state index is -0.432. The summed E-state index contributed by atoms with van der Waals surface area (Å²) in [5.74, 6) is 1.96. The minimum absolute atomic E-state index is 0.0805. The molecular formula is C23H27N3O3. The molecule has 0 saturated heterocycles. The largest absolute Gasteiger partial charge is 0.497 e. The van der Waals surface area contributed by atoms with Gasteiger partial charge in [-0.3, -0.25) is 4.79 Å². The van der Waals surface area contributed by atoms with Crippen molar-refractivity contribution in [2.75, 3.05) is 14.2 Å². The van der Waals surface area contributed by atoms with Crippen molar-refractivity contribution in [1.29, 1.82) is 0 Å². The smallest absolute Gasteiger partial charge is 0.225 e. The number of aryl methyl sites for hydroxylation is 3. The second-order valence-corrected chi connectivity index (χ2v) is 7.14. The molecule has 0 aliphatic heterocycles. The number of ether oxygens (including phenoxy) is 2. The van der Waals surface area contributed by atoms with E-state index in [9.17, 15) is 4.79 Å². The molecule has 0 saturated carbocycles. The Morgan fingerprint density at radius 1 is 1.07 bits per heavy atom. The zero-order valence-electron chi connectivity index (χ0n) is 17.5. The molecule has 1 aromatic heterocycles. The van der Waals surface area contributed by atoms with Gasteiger partial charge in [-0.25, -0.2) is 4.98 Å². The first kappa shape index (κ1) is 20.5. The van der Waals surface area contributed by atoms with E-state index in [1.165, 1.54) is 11.1 Å². The molecule has 1 N–H and O–H groups in total. The number of imidazole rings is 1. The molecule has 0 aliphatic rings. The van der Waals surface area contributed by atoms with Crippen LogP contribution in [-0.2, 0) is 18.3 Å². The molecule has 1 amide bonds. The number of methoxy groups -OCH3 is 2. The monoisotopic (exact) mass is 393 g/mol. The van der Waals surface area contributed by atoms with Gasteiger partial charge in [0.15, 0.2) is 0 Å². The highest BCUT2D eigenvalue weighted by molar-refractivity contribution is 5.79. The number of nitrogens with one attached hydrogen (secondary N) is 1. The zero-order valence-corrected chi connectivity index (χ0v) is 17.5. The van der Waals surface area contributed by atoms with E-state index in [0.717, 1.165) is 17.0 Å². The number of benzene rings is 2. The number of amides is 1. The Morgan fingerprint density at radius 2 is 1.76 bits per heavy atom. The molecule has 6 nitrogen and oxygen atoms in total. The van der Waals surface area contributed by atoms with Gasteiger partial charge in [0, 0.05) is 25.5 Å². The first-order valence-electron chi connectivity index (χ1n) is 9.47. The number of carbonyl (C=O) groups is 1. The van der Waals surface area contributed by atoms with Crippen molar-refractivity contribution >= 4 is 5.91 Å². The predicted molar refractivity (Wildman–Crippen MR) is 112 cm³/mol. The SMILES string of the molecule is COc1cc(OC)cc(C(NC(=O)Cc2ccc(C)c(C)c2)c2nccn2C)c1. The second-order valence-electron chi connectivity index (χ2n) is 7.14. The van der Waals surface area contributed by atoms with Gasteiger partial charge in [0.2, 0.25) is 5.91 Å². The van der Waals surface area contributed by atoms with Crippen LogP contribution in [0.15, 0.2) is 48.8 Å². The van der Waals surface area contributed by atoms with E-state index >= 15 is 0 Å². The van der Waals surface area contributed by atoms with Crippen molar-refractivity contribution < 1.29 is 14.3 Å². The molecule has 0 aliphatic carbocycles. The van der Waals surface area contributed by atoms with Crippen LogP contribution in [0.2, 0.25) is 0 Å². The van der Waals surface area contributed by atoms with Gasteiger partial charge >= 0.3 is 0 Å². The highest BCUT2D eigenvalue weighted by Crippen LogP contribution is 2.29. The van der Waals surface area contributed by atoms with Gasteiger partial charge < -0.3 is 19.4 Å². The van der Waals surface area contributed by atoms with Crippen LogP contribution in [0, 0.1) is 13.8 Å². The van der Waals surface area contributed by atoms with Crippen LogP contribution in [0.3, 0.4) is 0 Å². The lowest BCUT2D eigenvalue weighted by molar-refractivity contribution is -0.121. The van der Waals surface area contributed by atoms with E-state index in [1.807, 2.05) is 42.1 Å². The summed E-state index contributed by atoms with van der Waals surface area (Å²) in [5.41, 5.74) is 4.20. The molecule has 1 atom stereocenters. The topological polar surface area (TPSA) is 65.4 Å². The fourth-order valence-corrected chi connectivity index (χ4v) is 3.26. The number of aromatic nitrogens is 2. The van der Waals surface area contributed by atoms with Crippen molar-refractivity contribution in [3.05, 3.63) is 76.9 Å². The number of hydrogen-bond donors (Lipinski definition) is 1. The molecule has 29 heavy (non-hydrogen) atoms. The Bertz CT molecular complexity index is 988.